The summed E-state index contributed by atoms with van der Waals surface area (Å²) in [7, 11) is 0. The Morgan fingerprint density at radius 3 is 2.64 bits per heavy atom. The Hall–Kier alpha value is -3.49. The summed E-state index contributed by atoms with van der Waals surface area (Å²) in [5, 5.41) is 10.0. The number of likely N-dealkylation sites (tertiary alicyclic amines) is 1. The molecule has 0 bridgehead atoms. The number of rotatable bonds is 2. The molecule has 6 rings (SSSR count). The van der Waals surface area contributed by atoms with E-state index >= 15 is 4.39 Å². The number of ether oxygens (including phenoxy) is 1. The number of aromatic nitrogens is 5. The molecule has 1 saturated heterocycles. The predicted molar refractivity (Wildman–Crippen MR) is 134 cm³/mol. The van der Waals surface area contributed by atoms with Gasteiger partial charge in [-0.15, -0.1) is 0 Å². The van der Waals surface area contributed by atoms with E-state index in [-0.39, 0.29) is 23.5 Å². The number of halogens is 1. The smallest absolute Gasteiger partial charge is 0.410 e. The predicted octanol–water partition coefficient (Wildman–Crippen LogP) is 5.61. The molecule has 1 aromatic carbocycles. The van der Waals surface area contributed by atoms with Crippen LogP contribution in [0.4, 0.5) is 9.18 Å². The number of amides is 1. The fourth-order valence-electron chi connectivity index (χ4n) is 5.44. The van der Waals surface area contributed by atoms with E-state index in [0.717, 1.165) is 48.0 Å². The van der Waals surface area contributed by atoms with Crippen LogP contribution < -0.4 is 0 Å². The Bertz CT molecular complexity index is 1510. The van der Waals surface area contributed by atoms with Gasteiger partial charge in [0.15, 0.2) is 11.5 Å². The molecule has 4 heterocycles. The van der Waals surface area contributed by atoms with Crippen molar-refractivity contribution < 1.29 is 13.9 Å². The molecule has 2 aliphatic rings. The molecule has 1 atom stereocenters. The van der Waals surface area contributed by atoms with Crippen molar-refractivity contribution in [2.45, 2.75) is 77.5 Å². The summed E-state index contributed by atoms with van der Waals surface area (Å²) in [4.78, 5) is 19.2. The number of imidazole rings is 1. The summed E-state index contributed by atoms with van der Waals surface area (Å²) >= 11 is 0. The lowest BCUT2D eigenvalue weighted by atomic mass is 9.95. The molecular weight excluding hydrogens is 459 g/mol. The minimum atomic E-state index is -0.520. The van der Waals surface area contributed by atoms with Crippen LogP contribution in [0.25, 0.3) is 27.8 Å². The molecule has 2 fully saturated rings. The lowest BCUT2D eigenvalue weighted by Gasteiger charge is -2.40. The highest BCUT2D eigenvalue weighted by molar-refractivity contribution is 5.84. The van der Waals surface area contributed by atoms with Crippen LogP contribution in [0.2, 0.25) is 0 Å². The number of carbonyl (C=O) groups excluding carboxylic acids is 1. The van der Waals surface area contributed by atoms with Gasteiger partial charge in [-0.25, -0.2) is 18.7 Å². The zero-order chi connectivity index (χ0) is 25.4. The van der Waals surface area contributed by atoms with Gasteiger partial charge >= 0.3 is 6.09 Å². The number of fused-ring (bicyclic) bond motifs is 2. The van der Waals surface area contributed by atoms with E-state index in [0.29, 0.717) is 23.3 Å². The number of nitrogens with zero attached hydrogens (tertiary/aromatic N) is 6. The minimum Gasteiger partial charge on any atom is -0.444 e. The van der Waals surface area contributed by atoms with E-state index < -0.39 is 5.60 Å². The van der Waals surface area contributed by atoms with E-state index in [9.17, 15) is 4.79 Å². The molecule has 36 heavy (non-hydrogen) atoms. The normalized spacial score (nSPS) is 19.4. The van der Waals surface area contributed by atoms with Crippen molar-refractivity contribution in [1.29, 1.82) is 0 Å². The molecule has 1 amide bonds. The molecule has 1 aliphatic carbocycles. The SMILES string of the molecule is Cc1cn2nc(-c3cc(F)c4nn(C5CCN(C(=O)OC(C)(C)C)C6(CC6)C5)cc4c3)cc(C)c2n1. The molecule has 0 radical (unpaired) electrons. The van der Waals surface area contributed by atoms with E-state index in [1.54, 1.807) is 4.52 Å². The average molecular weight is 491 g/mol. The lowest BCUT2D eigenvalue weighted by Crippen LogP contribution is -2.50. The van der Waals surface area contributed by atoms with Crippen LogP contribution in [-0.2, 0) is 4.74 Å². The maximum absolute atomic E-state index is 15.2. The number of carbonyl (C=O) groups is 1. The van der Waals surface area contributed by atoms with Crippen molar-refractivity contribution in [1.82, 2.24) is 29.3 Å². The van der Waals surface area contributed by atoms with Crippen LogP contribution >= 0.6 is 0 Å². The Morgan fingerprint density at radius 1 is 1.14 bits per heavy atom. The minimum absolute atomic E-state index is 0.104. The van der Waals surface area contributed by atoms with Gasteiger partial charge < -0.3 is 9.64 Å². The summed E-state index contributed by atoms with van der Waals surface area (Å²) in [5.41, 5.74) is 3.72. The molecule has 0 N–H and O–H groups in total. The molecule has 4 aromatic rings. The van der Waals surface area contributed by atoms with Crippen LogP contribution in [-0.4, -0.2) is 53.1 Å². The van der Waals surface area contributed by atoms with Gasteiger partial charge in [-0.2, -0.15) is 10.2 Å². The third-order valence-electron chi connectivity index (χ3n) is 7.29. The number of aryl methyl sites for hydroxylation is 2. The average Bonchev–Trinajstić information content (AvgIpc) is 3.23. The lowest BCUT2D eigenvalue weighted by molar-refractivity contribution is 0.0000134. The molecular formula is C27H31FN6O2. The Morgan fingerprint density at radius 2 is 1.92 bits per heavy atom. The highest BCUT2D eigenvalue weighted by Gasteiger charge is 2.54. The van der Waals surface area contributed by atoms with Gasteiger partial charge in [-0.1, -0.05) is 0 Å². The van der Waals surface area contributed by atoms with Gasteiger partial charge in [-0.05, 0) is 84.1 Å². The van der Waals surface area contributed by atoms with Crippen LogP contribution in [0, 0.1) is 19.7 Å². The second-order valence-corrected chi connectivity index (χ2v) is 11.4. The van der Waals surface area contributed by atoms with Crippen LogP contribution in [0.1, 0.15) is 63.8 Å². The van der Waals surface area contributed by atoms with E-state index in [1.165, 1.54) is 6.07 Å². The second-order valence-electron chi connectivity index (χ2n) is 11.4. The first-order valence-electron chi connectivity index (χ1n) is 12.5. The molecule has 1 spiro atoms. The quantitative estimate of drug-likeness (QED) is 0.365. The Labute approximate surface area is 209 Å². The van der Waals surface area contributed by atoms with Crippen molar-refractivity contribution in [3.8, 4) is 11.3 Å². The highest BCUT2D eigenvalue weighted by atomic mass is 19.1. The van der Waals surface area contributed by atoms with Crippen LogP contribution in [0.3, 0.4) is 0 Å². The van der Waals surface area contributed by atoms with Crippen molar-refractivity contribution in [2.24, 2.45) is 0 Å². The maximum Gasteiger partial charge on any atom is 0.410 e. The fourth-order valence-corrected chi connectivity index (χ4v) is 5.44. The zero-order valence-electron chi connectivity index (χ0n) is 21.4. The maximum atomic E-state index is 15.2. The first-order valence-corrected chi connectivity index (χ1v) is 12.5. The number of hydrogen-bond donors (Lipinski definition) is 0. The number of benzene rings is 1. The molecule has 188 valence electrons. The Kier molecular flexibility index (Phi) is 4.94. The van der Waals surface area contributed by atoms with Gasteiger partial charge in [0.05, 0.1) is 23.6 Å². The summed E-state index contributed by atoms with van der Waals surface area (Å²) in [6.45, 7) is 10.2. The number of hydrogen-bond acceptors (Lipinski definition) is 5. The van der Waals surface area contributed by atoms with Crippen LogP contribution in [0.15, 0.2) is 30.6 Å². The summed E-state index contributed by atoms with van der Waals surface area (Å²) in [6.07, 6.45) is 7.03. The first-order chi connectivity index (χ1) is 17.0. The highest BCUT2D eigenvalue weighted by Crippen LogP contribution is 2.51. The van der Waals surface area contributed by atoms with Gasteiger partial charge in [0, 0.05) is 29.2 Å². The molecule has 8 nitrogen and oxygen atoms in total. The molecule has 1 saturated carbocycles. The van der Waals surface area contributed by atoms with Crippen LogP contribution in [0.5, 0.6) is 0 Å². The topological polar surface area (TPSA) is 77.6 Å². The van der Waals surface area contributed by atoms with Crippen molar-refractivity contribution >= 4 is 22.6 Å². The van der Waals surface area contributed by atoms with Crippen molar-refractivity contribution in [3.05, 3.63) is 47.7 Å². The standard InChI is InChI=1S/C27H31FN6O2/c1-16-10-22(30-34-14-17(2)29-24(16)34)18-11-19-15-33(31-23(19)21(28)12-18)20-6-9-32(27(13-20)7-8-27)25(35)36-26(3,4)5/h10-12,14-15,20H,6-9,13H2,1-5H3. The van der Waals surface area contributed by atoms with E-state index in [2.05, 4.69) is 15.2 Å². The van der Waals surface area contributed by atoms with E-state index in [4.69, 9.17) is 4.74 Å². The fraction of sp³-hybridized carbons (Fsp3) is 0.481. The van der Waals surface area contributed by atoms with Gasteiger partial charge in [0.25, 0.3) is 0 Å². The zero-order valence-corrected chi connectivity index (χ0v) is 21.4. The summed E-state index contributed by atoms with van der Waals surface area (Å²) in [6, 6.07) is 5.50. The number of piperidine rings is 1. The molecule has 1 unspecified atom stereocenters. The molecule has 9 heteroatoms. The second kappa shape index (κ2) is 7.75. The summed E-state index contributed by atoms with van der Waals surface area (Å²) < 4.78 is 24.5. The first kappa shape index (κ1) is 22.9. The van der Waals surface area contributed by atoms with Gasteiger partial charge in [0.2, 0.25) is 0 Å². The Balaban J connectivity index is 1.29. The van der Waals surface area contributed by atoms with Crippen molar-refractivity contribution in [3.63, 3.8) is 0 Å². The third kappa shape index (κ3) is 3.90. The molecule has 3 aromatic heterocycles. The van der Waals surface area contributed by atoms with E-state index in [1.807, 2.05) is 68.7 Å². The largest absolute Gasteiger partial charge is 0.444 e. The van der Waals surface area contributed by atoms with Gasteiger partial charge in [0.1, 0.15) is 11.1 Å². The third-order valence-corrected chi connectivity index (χ3v) is 7.29. The monoisotopic (exact) mass is 490 g/mol. The summed E-state index contributed by atoms with van der Waals surface area (Å²) in [5.74, 6) is -0.366. The van der Waals surface area contributed by atoms with Gasteiger partial charge in [-0.3, -0.25) is 4.68 Å². The van der Waals surface area contributed by atoms with Crippen molar-refractivity contribution in [2.75, 3.05) is 6.54 Å². The molecule has 1 aliphatic heterocycles.